The Kier molecular flexibility index (Phi) is 5.92. The van der Waals surface area contributed by atoms with Gasteiger partial charge < -0.3 is 18.7 Å². The average Bonchev–Trinajstić information content (AvgIpc) is 3.87. The molecule has 1 aliphatic heterocycles. The van der Waals surface area contributed by atoms with Crippen molar-refractivity contribution < 1.29 is 8.83 Å². The summed E-state index contributed by atoms with van der Waals surface area (Å²) >= 11 is 0. The lowest BCUT2D eigenvalue weighted by Gasteiger charge is -2.23. The summed E-state index contributed by atoms with van der Waals surface area (Å²) in [6.07, 6.45) is -0.289. The first-order valence-electron chi connectivity index (χ1n) is 17.1. The molecule has 0 radical (unpaired) electrons. The third-order valence-corrected chi connectivity index (χ3v) is 10.1. The largest absolute Gasteiger partial charge is 0.456 e. The predicted octanol–water partition coefficient (Wildman–Crippen LogP) is 11.1. The van der Waals surface area contributed by atoms with E-state index in [4.69, 9.17) is 18.8 Å². The maximum Gasteiger partial charge on any atom is 0.160 e. The Morgan fingerprint density at radius 2 is 1.22 bits per heavy atom. The minimum absolute atomic E-state index is 0.289. The van der Waals surface area contributed by atoms with E-state index in [1.54, 1.807) is 0 Å². The Morgan fingerprint density at radius 1 is 0.510 bits per heavy atom. The molecule has 0 fully saturated rings. The molecule has 0 bridgehead atoms. The van der Waals surface area contributed by atoms with Crippen LogP contribution in [0.2, 0.25) is 0 Å². The van der Waals surface area contributed by atoms with Gasteiger partial charge in [0.2, 0.25) is 0 Å². The summed E-state index contributed by atoms with van der Waals surface area (Å²) in [6, 6.07) is 54.3. The monoisotopic (exact) mass is 656 g/mol. The van der Waals surface area contributed by atoms with Gasteiger partial charge in [0, 0.05) is 55.2 Å². The van der Waals surface area contributed by atoms with Crippen LogP contribution in [-0.4, -0.2) is 16.2 Å². The summed E-state index contributed by atoms with van der Waals surface area (Å²) in [6.45, 7) is 0. The van der Waals surface area contributed by atoms with Crippen LogP contribution in [-0.2, 0) is 0 Å². The molecule has 6 heteroatoms. The van der Waals surface area contributed by atoms with Crippen molar-refractivity contribution in [3.63, 3.8) is 0 Å². The fourth-order valence-corrected chi connectivity index (χ4v) is 7.81. The molecule has 4 heterocycles. The number of aromatic nitrogens is 1. The fourth-order valence-electron chi connectivity index (χ4n) is 7.81. The highest BCUT2D eigenvalue weighted by Crippen LogP contribution is 2.42. The number of hydrogen-bond donors (Lipinski definition) is 1. The van der Waals surface area contributed by atoms with E-state index in [0.717, 1.165) is 83.1 Å². The van der Waals surface area contributed by atoms with Gasteiger partial charge in [-0.15, -0.1) is 0 Å². The minimum atomic E-state index is -0.289. The molecule has 7 aromatic carbocycles. The molecule has 10 aromatic rings. The smallest absolute Gasteiger partial charge is 0.160 e. The normalized spacial score (nSPS) is 14.9. The lowest BCUT2D eigenvalue weighted by atomic mass is 10.0. The fraction of sp³-hybridized carbons (Fsp3) is 0.0222. The van der Waals surface area contributed by atoms with Crippen LogP contribution >= 0.6 is 0 Å². The van der Waals surface area contributed by atoms with Gasteiger partial charge in [-0.2, -0.15) is 0 Å². The standard InChI is InChI=1S/C45H28N4O2/c1-3-12-27(13-4-1)43-46-44(28-14-5-2-6-15-28)48-45(47-43)33-18-11-21-37-40(33)32-23-22-29(26-39(32)51-37)49-34-19-9-7-16-30(34)41-35(49)24-25-38-42(41)31-17-8-10-20-36(31)50-38/h1-26,43H,(H,46,47,48). The summed E-state index contributed by atoms with van der Waals surface area (Å²) in [5.74, 6) is 1.45. The van der Waals surface area contributed by atoms with Crippen LogP contribution in [0.4, 0.5) is 0 Å². The van der Waals surface area contributed by atoms with Gasteiger partial charge in [0.25, 0.3) is 0 Å². The first-order chi connectivity index (χ1) is 25.3. The molecule has 240 valence electrons. The Hall–Kier alpha value is -6.92. The van der Waals surface area contributed by atoms with Crippen molar-refractivity contribution in [1.29, 1.82) is 0 Å². The minimum Gasteiger partial charge on any atom is -0.456 e. The van der Waals surface area contributed by atoms with E-state index in [2.05, 4.69) is 107 Å². The van der Waals surface area contributed by atoms with Crippen molar-refractivity contribution in [3.05, 3.63) is 174 Å². The molecule has 0 aliphatic carbocycles. The van der Waals surface area contributed by atoms with Crippen molar-refractivity contribution in [2.45, 2.75) is 6.17 Å². The van der Waals surface area contributed by atoms with Gasteiger partial charge in [0.05, 0.1) is 11.0 Å². The number of furan rings is 2. The Labute approximate surface area is 291 Å². The number of hydrogen-bond acceptors (Lipinski definition) is 5. The number of benzene rings is 7. The van der Waals surface area contributed by atoms with E-state index in [1.165, 1.54) is 10.8 Å². The van der Waals surface area contributed by atoms with Crippen LogP contribution in [0.3, 0.4) is 0 Å². The highest BCUT2D eigenvalue weighted by atomic mass is 16.3. The van der Waals surface area contributed by atoms with E-state index in [9.17, 15) is 0 Å². The molecule has 1 N–H and O–H groups in total. The Balaban J connectivity index is 1.11. The predicted molar refractivity (Wildman–Crippen MR) is 207 cm³/mol. The molecule has 6 nitrogen and oxygen atoms in total. The SMILES string of the molecule is c1ccc(C2=NC(c3cccc4oc5cc(-n6c7ccccc7c7c8c(ccc76)oc6ccccc68)ccc5c34)=NC(c3ccccc3)N2)cc1. The summed E-state index contributed by atoms with van der Waals surface area (Å²) < 4.78 is 15.3. The molecule has 0 saturated heterocycles. The zero-order valence-corrected chi connectivity index (χ0v) is 27.2. The molecule has 1 atom stereocenters. The third kappa shape index (κ3) is 4.23. The van der Waals surface area contributed by atoms with E-state index in [-0.39, 0.29) is 6.17 Å². The number of aliphatic imine (C=N–C) groups is 2. The molecular formula is C45H28N4O2. The first kappa shape index (κ1) is 28.0. The van der Waals surface area contributed by atoms with Crippen LogP contribution in [0.1, 0.15) is 22.9 Å². The van der Waals surface area contributed by atoms with Crippen LogP contribution < -0.4 is 5.32 Å². The average molecular weight is 657 g/mol. The molecular weight excluding hydrogens is 629 g/mol. The van der Waals surface area contributed by atoms with Gasteiger partial charge in [0.1, 0.15) is 34.3 Å². The van der Waals surface area contributed by atoms with Crippen LogP contribution in [0, 0.1) is 0 Å². The Morgan fingerprint density at radius 3 is 2.10 bits per heavy atom. The quantitative estimate of drug-likeness (QED) is 0.205. The lowest BCUT2D eigenvalue weighted by molar-refractivity contribution is 0.668. The van der Waals surface area contributed by atoms with Crippen molar-refractivity contribution >= 4 is 77.4 Å². The van der Waals surface area contributed by atoms with Crippen LogP contribution in [0.25, 0.3) is 71.4 Å². The van der Waals surface area contributed by atoms with Gasteiger partial charge in [-0.1, -0.05) is 109 Å². The molecule has 51 heavy (non-hydrogen) atoms. The highest BCUT2D eigenvalue weighted by Gasteiger charge is 2.24. The van der Waals surface area contributed by atoms with Crippen molar-refractivity contribution in [2.24, 2.45) is 9.98 Å². The highest BCUT2D eigenvalue weighted by molar-refractivity contribution is 6.27. The Bertz CT molecular complexity index is 3060. The molecule has 11 rings (SSSR count). The topological polar surface area (TPSA) is 68.0 Å². The van der Waals surface area contributed by atoms with Gasteiger partial charge in [0.15, 0.2) is 5.84 Å². The van der Waals surface area contributed by atoms with Crippen molar-refractivity contribution in [3.8, 4) is 5.69 Å². The van der Waals surface area contributed by atoms with Gasteiger partial charge in [-0.3, -0.25) is 0 Å². The van der Waals surface area contributed by atoms with Gasteiger partial charge >= 0.3 is 0 Å². The summed E-state index contributed by atoms with van der Waals surface area (Å²) in [5, 5.41) is 10.2. The van der Waals surface area contributed by atoms with E-state index >= 15 is 0 Å². The maximum absolute atomic E-state index is 6.64. The summed E-state index contributed by atoms with van der Waals surface area (Å²) in [5.41, 5.74) is 9.65. The third-order valence-electron chi connectivity index (χ3n) is 10.1. The van der Waals surface area contributed by atoms with Crippen LogP contribution in [0.15, 0.2) is 177 Å². The lowest BCUT2D eigenvalue weighted by Crippen LogP contribution is -2.33. The number of para-hydroxylation sites is 2. The number of nitrogens with zero attached hydrogens (tertiary/aromatic N) is 3. The molecule has 1 unspecified atom stereocenters. The van der Waals surface area contributed by atoms with Gasteiger partial charge in [-0.25, -0.2) is 9.98 Å². The zero-order chi connectivity index (χ0) is 33.5. The second-order valence-electron chi connectivity index (χ2n) is 13.0. The van der Waals surface area contributed by atoms with E-state index in [1.807, 2.05) is 60.7 Å². The number of amidine groups is 2. The number of nitrogens with one attached hydrogen (secondary N) is 1. The van der Waals surface area contributed by atoms with Crippen molar-refractivity contribution in [2.75, 3.05) is 0 Å². The summed E-state index contributed by atoms with van der Waals surface area (Å²) in [4.78, 5) is 10.3. The number of rotatable bonds is 4. The summed E-state index contributed by atoms with van der Waals surface area (Å²) in [7, 11) is 0. The molecule has 0 saturated carbocycles. The van der Waals surface area contributed by atoms with Gasteiger partial charge in [-0.05, 0) is 48.0 Å². The molecule has 0 amide bonds. The van der Waals surface area contributed by atoms with Crippen molar-refractivity contribution in [1.82, 2.24) is 9.88 Å². The number of fused-ring (bicyclic) bond motifs is 10. The molecule has 0 spiro atoms. The molecule has 1 aliphatic rings. The zero-order valence-electron chi connectivity index (χ0n) is 27.2. The maximum atomic E-state index is 6.64. The van der Waals surface area contributed by atoms with E-state index < -0.39 is 0 Å². The second-order valence-corrected chi connectivity index (χ2v) is 13.0. The second kappa shape index (κ2) is 10.8. The van der Waals surface area contributed by atoms with Crippen LogP contribution in [0.5, 0.6) is 0 Å². The molecule has 3 aromatic heterocycles. The first-order valence-corrected chi connectivity index (χ1v) is 17.1. The van der Waals surface area contributed by atoms with E-state index in [0.29, 0.717) is 5.84 Å².